The van der Waals surface area contributed by atoms with Gasteiger partial charge in [0.15, 0.2) is 5.82 Å². The largest absolute Gasteiger partial charge is 0.343 e. The molecule has 3 rings (SSSR count). The Kier molecular flexibility index (Phi) is 4.51. The molecule has 0 radical (unpaired) electrons. The fourth-order valence-corrected chi connectivity index (χ4v) is 3.67. The van der Waals surface area contributed by atoms with Gasteiger partial charge in [0.25, 0.3) is 0 Å². The van der Waals surface area contributed by atoms with Gasteiger partial charge in [-0.05, 0) is 26.4 Å². The molecule has 1 atom stereocenters. The predicted octanol–water partition coefficient (Wildman–Crippen LogP) is 3.13. The molecule has 1 aromatic carbocycles. The van der Waals surface area contributed by atoms with Gasteiger partial charge in [0.1, 0.15) is 0 Å². The van der Waals surface area contributed by atoms with Crippen LogP contribution in [0.25, 0.3) is 11.4 Å². The normalized spacial score (nSPS) is 20.5. The van der Waals surface area contributed by atoms with Gasteiger partial charge in [-0.25, -0.2) is 0 Å². The highest BCUT2D eigenvalue weighted by molar-refractivity contribution is 7.09. The van der Waals surface area contributed by atoms with Crippen molar-refractivity contribution in [3.8, 4) is 11.4 Å². The molecule has 4 nitrogen and oxygen atoms in total. The summed E-state index contributed by atoms with van der Waals surface area (Å²) in [5.74, 6) is 0.850. The van der Waals surface area contributed by atoms with Crippen LogP contribution in [0.4, 0.5) is 5.13 Å². The van der Waals surface area contributed by atoms with E-state index in [9.17, 15) is 0 Å². The zero-order valence-corrected chi connectivity index (χ0v) is 13.5. The highest BCUT2D eigenvalue weighted by atomic mass is 32.1. The number of hydrogen-bond acceptors (Lipinski definition) is 5. The monoisotopic (exact) mass is 302 g/mol. The van der Waals surface area contributed by atoms with E-state index in [0.29, 0.717) is 6.04 Å². The number of nitrogens with zero attached hydrogens (tertiary/aromatic N) is 4. The second kappa shape index (κ2) is 6.54. The molecule has 1 aromatic heterocycles. The minimum atomic E-state index is 0.536. The molecule has 1 aliphatic rings. The summed E-state index contributed by atoms with van der Waals surface area (Å²) in [4.78, 5) is 9.66. The minimum Gasteiger partial charge on any atom is -0.343 e. The molecule has 1 saturated heterocycles. The summed E-state index contributed by atoms with van der Waals surface area (Å²) < 4.78 is 4.56. The molecule has 0 aliphatic carbocycles. The van der Waals surface area contributed by atoms with Crippen LogP contribution in [-0.2, 0) is 0 Å². The summed E-state index contributed by atoms with van der Waals surface area (Å²) in [6.45, 7) is 5.61. The maximum atomic E-state index is 4.78. The fraction of sp³-hybridized carbons (Fsp3) is 0.500. The van der Waals surface area contributed by atoms with Crippen molar-refractivity contribution in [3.63, 3.8) is 0 Å². The Balaban J connectivity index is 1.84. The van der Waals surface area contributed by atoms with Gasteiger partial charge in [-0.15, -0.1) is 0 Å². The number of anilines is 1. The van der Waals surface area contributed by atoms with E-state index >= 15 is 0 Å². The molecule has 1 fully saturated rings. The first-order chi connectivity index (χ1) is 10.3. The molecule has 21 heavy (non-hydrogen) atoms. The maximum absolute atomic E-state index is 4.78. The average Bonchev–Trinajstić information content (AvgIpc) is 2.92. The summed E-state index contributed by atoms with van der Waals surface area (Å²) >= 11 is 1.53. The van der Waals surface area contributed by atoms with E-state index in [1.807, 2.05) is 18.2 Å². The quantitative estimate of drug-likeness (QED) is 0.872. The van der Waals surface area contributed by atoms with Gasteiger partial charge in [0, 0.05) is 36.2 Å². The second-order valence-corrected chi connectivity index (χ2v) is 6.37. The number of benzene rings is 1. The van der Waals surface area contributed by atoms with E-state index in [4.69, 9.17) is 4.98 Å². The van der Waals surface area contributed by atoms with Gasteiger partial charge in [-0.2, -0.15) is 9.36 Å². The lowest BCUT2D eigenvalue weighted by molar-refractivity contribution is 0.328. The summed E-state index contributed by atoms with van der Waals surface area (Å²) in [5, 5.41) is 1.07. The number of aromatic nitrogens is 2. The highest BCUT2D eigenvalue weighted by Crippen LogP contribution is 2.27. The van der Waals surface area contributed by atoms with Crippen LogP contribution in [-0.4, -0.2) is 47.0 Å². The molecule has 1 aliphatic heterocycles. The molecular formula is C16H22N4S. The lowest BCUT2D eigenvalue weighted by Gasteiger charge is -2.29. The maximum Gasteiger partial charge on any atom is 0.205 e. The van der Waals surface area contributed by atoms with Crippen LogP contribution in [0.3, 0.4) is 0 Å². The third kappa shape index (κ3) is 3.24. The SMILES string of the molecule is CCC1CN(C)CCCN1c1nc(-c2ccccc2)ns1. The zero-order chi connectivity index (χ0) is 14.7. The van der Waals surface area contributed by atoms with Crippen molar-refractivity contribution >= 4 is 16.7 Å². The Hall–Kier alpha value is -1.46. The van der Waals surface area contributed by atoms with Gasteiger partial charge in [-0.3, -0.25) is 0 Å². The lowest BCUT2D eigenvalue weighted by atomic mass is 10.2. The van der Waals surface area contributed by atoms with Gasteiger partial charge in [-0.1, -0.05) is 37.3 Å². The molecule has 1 unspecified atom stereocenters. The van der Waals surface area contributed by atoms with E-state index in [0.717, 1.165) is 42.6 Å². The van der Waals surface area contributed by atoms with Crippen molar-refractivity contribution in [2.24, 2.45) is 0 Å². The molecule has 0 amide bonds. The Labute approximate surface area is 130 Å². The molecule has 5 heteroatoms. The fourth-order valence-electron chi connectivity index (χ4n) is 2.88. The molecule has 2 heterocycles. The topological polar surface area (TPSA) is 32.3 Å². The van der Waals surface area contributed by atoms with Crippen molar-refractivity contribution in [1.29, 1.82) is 0 Å². The zero-order valence-electron chi connectivity index (χ0n) is 12.7. The first-order valence-electron chi connectivity index (χ1n) is 7.62. The van der Waals surface area contributed by atoms with Crippen molar-refractivity contribution in [2.45, 2.75) is 25.8 Å². The number of likely N-dealkylation sites (N-methyl/N-ethyl adjacent to an activating group) is 1. The lowest BCUT2D eigenvalue weighted by Crippen LogP contribution is -2.39. The van der Waals surface area contributed by atoms with E-state index < -0.39 is 0 Å². The molecule has 112 valence electrons. The van der Waals surface area contributed by atoms with Crippen molar-refractivity contribution in [2.75, 3.05) is 31.6 Å². The van der Waals surface area contributed by atoms with Crippen LogP contribution in [0.5, 0.6) is 0 Å². The van der Waals surface area contributed by atoms with E-state index in [1.54, 1.807) is 0 Å². The average molecular weight is 302 g/mol. The number of rotatable bonds is 3. The Morgan fingerprint density at radius 3 is 2.81 bits per heavy atom. The smallest absolute Gasteiger partial charge is 0.205 e. The number of hydrogen-bond donors (Lipinski definition) is 0. The van der Waals surface area contributed by atoms with Crippen LogP contribution < -0.4 is 4.90 Å². The molecular weight excluding hydrogens is 280 g/mol. The van der Waals surface area contributed by atoms with Gasteiger partial charge in [0.2, 0.25) is 5.13 Å². The third-order valence-electron chi connectivity index (χ3n) is 4.07. The summed E-state index contributed by atoms with van der Waals surface area (Å²) in [7, 11) is 2.21. The van der Waals surface area contributed by atoms with Crippen LogP contribution in [0.2, 0.25) is 0 Å². The van der Waals surface area contributed by atoms with Crippen LogP contribution in [0.15, 0.2) is 30.3 Å². The Morgan fingerprint density at radius 2 is 2.05 bits per heavy atom. The molecule has 2 aromatic rings. The van der Waals surface area contributed by atoms with E-state index in [2.05, 4.69) is 40.3 Å². The van der Waals surface area contributed by atoms with Crippen LogP contribution >= 0.6 is 11.5 Å². The molecule has 0 bridgehead atoms. The van der Waals surface area contributed by atoms with Crippen molar-refractivity contribution in [1.82, 2.24) is 14.3 Å². The molecule has 0 N–H and O–H groups in total. The van der Waals surface area contributed by atoms with E-state index in [-0.39, 0.29) is 0 Å². The van der Waals surface area contributed by atoms with Gasteiger partial charge in [0.05, 0.1) is 0 Å². The van der Waals surface area contributed by atoms with Crippen molar-refractivity contribution in [3.05, 3.63) is 30.3 Å². The first kappa shape index (κ1) is 14.5. The summed E-state index contributed by atoms with van der Waals surface area (Å²) in [6, 6.07) is 10.8. The third-order valence-corrected chi connectivity index (χ3v) is 4.82. The minimum absolute atomic E-state index is 0.536. The standard InChI is InChI=1S/C16H22N4S/c1-3-14-12-19(2)10-7-11-20(14)16-17-15(18-21-16)13-8-5-4-6-9-13/h4-6,8-9,14H,3,7,10-12H2,1-2H3. The summed E-state index contributed by atoms with van der Waals surface area (Å²) in [6.07, 6.45) is 2.33. The Bertz CT molecular complexity index is 569. The molecule has 0 saturated carbocycles. The highest BCUT2D eigenvalue weighted by Gasteiger charge is 2.24. The van der Waals surface area contributed by atoms with Gasteiger partial charge >= 0.3 is 0 Å². The van der Waals surface area contributed by atoms with Crippen LogP contribution in [0, 0.1) is 0 Å². The van der Waals surface area contributed by atoms with E-state index in [1.165, 1.54) is 18.0 Å². The first-order valence-corrected chi connectivity index (χ1v) is 8.39. The summed E-state index contributed by atoms with van der Waals surface area (Å²) in [5.41, 5.74) is 1.10. The Morgan fingerprint density at radius 1 is 1.24 bits per heavy atom. The second-order valence-electron chi connectivity index (χ2n) is 5.64. The van der Waals surface area contributed by atoms with Crippen LogP contribution in [0.1, 0.15) is 19.8 Å². The van der Waals surface area contributed by atoms with Gasteiger partial charge < -0.3 is 9.80 Å². The van der Waals surface area contributed by atoms with Crippen molar-refractivity contribution < 1.29 is 0 Å². The predicted molar refractivity (Wildman–Crippen MR) is 88.9 cm³/mol. The molecule has 0 spiro atoms.